The standard InChI is InChI=1S/C17H33O2Si/c1-3-18-20(19-4-2)17(15-11-7-5-8-12-15)16-13-9-6-10-14-16/h15-17H,3-14H2,1-2H3. The predicted octanol–water partition coefficient (Wildman–Crippen LogP) is 5.08. The van der Waals surface area contributed by atoms with E-state index in [1.54, 1.807) is 0 Å². The van der Waals surface area contributed by atoms with Crippen LogP contribution >= 0.6 is 0 Å². The van der Waals surface area contributed by atoms with Gasteiger partial charge in [0.15, 0.2) is 0 Å². The average Bonchev–Trinajstić information content (AvgIpc) is 2.50. The Morgan fingerprint density at radius 3 is 1.50 bits per heavy atom. The molecule has 0 atom stereocenters. The van der Waals surface area contributed by atoms with Crippen LogP contribution in [-0.4, -0.2) is 22.5 Å². The van der Waals surface area contributed by atoms with Crippen molar-refractivity contribution < 1.29 is 8.85 Å². The Morgan fingerprint density at radius 2 is 1.15 bits per heavy atom. The fraction of sp³-hybridized carbons (Fsp3) is 1.00. The van der Waals surface area contributed by atoms with Crippen LogP contribution in [0.15, 0.2) is 0 Å². The summed E-state index contributed by atoms with van der Waals surface area (Å²) < 4.78 is 12.3. The van der Waals surface area contributed by atoms with Crippen LogP contribution < -0.4 is 0 Å². The van der Waals surface area contributed by atoms with Gasteiger partial charge in [0.25, 0.3) is 0 Å². The Bertz CT molecular complexity index is 223. The predicted molar refractivity (Wildman–Crippen MR) is 85.9 cm³/mol. The van der Waals surface area contributed by atoms with Gasteiger partial charge >= 0.3 is 9.28 Å². The Hall–Kier alpha value is 0.137. The van der Waals surface area contributed by atoms with Crippen molar-refractivity contribution >= 4 is 9.28 Å². The van der Waals surface area contributed by atoms with Gasteiger partial charge in [-0.25, -0.2) is 0 Å². The van der Waals surface area contributed by atoms with E-state index in [2.05, 4.69) is 13.8 Å². The molecule has 0 amide bonds. The zero-order valence-electron chi connectivity index (χ0n) is 13.5. The van der Waals surface area contributed by atoms with Gasteiger partial charge in [-0.05, 0) is 25.7 Å². The molecule has 0 heterocycles. The average molecular weight is 298 g/mol. The van der Waals surface area contributed by atoms with Crippen molar-refractivity contribution in [3.05, 3.63) is 0 Å². The van der Waals surface area contributed by atoms with E-state index in [9.17, 15) is 0 Å². The van der Waals surface area contributed by atoms with E-state index < -0.39 is 9.28 Å². The van der Waals surface area contributed by atoms with Crippen molar-refractivity contribution in [3.63, 3.8) is 0 Å². The topological polar surface area (TPSA) is 18.5 Å². The quantitative estimate of drug-likeness (QED) is 0.610. The monoisotopic (exact) mass is 297 g/mol. The summed E-state index contributed by atoms with van der Waals surface area (Å²) in [6.07, 6.45) is 14.3. The molecule has 2 nitrogen and oxygen atoms in total. The van der Waals surface area contributed by atoms with Crippen LogP contribution in [-0.2, 0) is 8.85 Å². The molecule has 0 bridgehead atoms. The molecule has 0 N–H and O–H groups in total. The molecule has 1 radical (unpaired) electrons. The molecule has 0 aliphatic heterocycles. The summed E-state index contributed by atoms with van der Waals surface area (Å²) in [5, 5.41) is 0. The maximum absolute atomic E-state index is 6.13. The zero-order chi connectivity index (χ0) is 14.2. The molecule has 2 aliphatic rings. The van der Waals surface area contributed by atoms with E-state index in [0.717, 1.165) is 30.6 Å². The van der Waals surface area contributed by atoms with Crippen LogP contribution in [0.4, 0.5) is 0 Å². The molecule has 2 fully saturated rings. The van der Waals surface area contributed by atoms with E-state index in [4.69, 9.17) is 8.85 Å². The molecule has 3 heteroatoms. The molecule has 0 unspecified atom stereocenters. The second-order valence-corrected chi connectivity index (χ2v) is 8.39. The summed E-state index contributed by atoms with van der Waals surface area (Å²) in [5.41, 5.74) is 0.750. The molecule has 0 spiro atoms. The third kappa shape index (κ3) is 4.57. The van der Waals surface area contributed by atoms with E-state index in [-0.39, 0.29) is 0 Å². The van der Waals surface area contributed by atoms with Gasteiger partial charge in [-0.1, -0.05) is 64.2 Å². The maximum atomic E-state index is 6.13. The summed E-state index contributed by atoms with van der Waals surface area (Å²) in [5.74, 6) is 1.78. The zero-order valence-corrected chi connectivity index (χ0v) is 14.5. The molecule has 2 aliphatic carbocycles. The van der Waals surface area contributed by atoms with Crippen molar-refractivity contribution in [3.8, 4) is 0 Å². The molecule has 117 valence electrons. The fourth-order valence-corrected chi connectivity index (χ4v) is 6.75. The SMILES string of the molecule is CCO[Si](OCC)C(C1CCCCC1)C1CCCCC1. The number of hydrogen-bond donors (Lipinski definition) is 0. The molecule has 0 saturated heterocycles. The molecule has 2 saturated carbocycles. The Balaban J connectivity index is 2.07. The van der Waals surface area contributed by atoms with Crippen LogP contribution in [0.3, 0.4) is 0 Å². The molecule has 0 aromatic rings. The lowest BCUT2D eigenvalue weighted by Gasteiger charge is -2.39. The molecule has 20 heavy (non-hydrogen) atoms. The van der Waals surface area contributed by atoms with Crippen LogP contribution in [0.25, 0.3) is 0 Å². The minimum absolute atomic E-state index is 0.750. The summed E-state index contributed by atoms with van der Waals surface area (Å²) >= 11 is 0. The van der Waals surface area contributed by atoms with Crippen molar-refractivity contribution in [1.82, 2.24) is 0 Å². The number of hydrogen-bond acceptors (Lipinski definition) is 2. The number of rotatable bonds is 7. The van der Waals surface area contributed by atoms with Gasteiger partial charge in [0.2, 0.25) is 0 Å². The van der Waals surface area contributed by atoms with E-state index >= 15 is 0 Å². The van der Waals surface area contributed by atoms with Crippen molar-refractivity contribution in [2.75, 3.05) is 13.2 Å². The smallest absolute Gasteiger partial charge is 0.388 e. The van der Waals surface area contributed by atoms with Gasteiger partial charge in [-0.3, -0.25) is 0 Å². The lowest BCUT2D eigenvalue weighted by molar-refractivity contribution is 0.152. The van der Waals surface area contributed by atoms with Crippen LogP contribution in [0.5, 0.6) is 0 Å². The first kappa shape index (κ1) is 16.5. The van der Waals surface area contributed by atoms with Gasteiger partial charge in [-0.2, -0.15) is 0 Å². The first-order valence-electron chi connectivity index (χ1n) is 8.99. The molecular formula is C17H33O2Si. The van der Waals surface area contributed by atoms with Crippen molar-refractivity contribution in [2.45, 2.75) is 83.6 Å². The highest BCUT2D eigenvalue weighted by molar-refractivity contribution is 6.46. The van der Waals surface area contributed by atoms with Crippen LogP contribution in [0.1, 0.15) is 78.1 Å². The first-order valence-corrected chi connectivity index (χ1v) is 10.4. The molecule has 0 aromatic carbocycles. The summed E-state index contributed by atoms with van der Waals surface area (Å²) in [6, 6.07) is 0. The first-order chi connectivity index (χ1) is 9.86. The van der Waals surface area contributed by atoms with E-state index in [1.807, 2.05) is 0 Å². The van der Waals surface area contributed by atoms with Gasteiger partial charge in [0.05, 0.1) is 0 Å². The highest BCUT2D eigenvalue weighted by Crippen LogP contribution is 2.45. The Labute approximate surface area is 127 Å². The summed E-state index contributed by atoms with van der Waals surface area (Å²) in [7, 11) is -1.08. The molecule has 0 aromatic heterocycles. The molecular weight excluding hydrogens is 264 g/mol. The van der Waals surface area contributed by atoms with Gasteiger partial charge in [-0.15, -0.1) is 0 Å². The summed E-state index contributed by atoms with van der Waals surface area (Å²) in [6.45, 7) is 5.90. The van der Waals surface area contributed by atoms with E-state index in [0.29, 0.717) is 0 Å². The van der Waals surface area contributed by atoms with Crippen molar-refractivity contribution in [2.24, 2.45) is 11.8 Å². The van der Waals surface area contributed by atoms with E-state index in [1.165, 1.54) is 64.2 Å². The third-order valence-electron chi connectivity index (χ3n) is 5.16. The largest absolute Gasteiger partial charge is 0.393 e. The van der Waals surface area contributed by atoms with Gasteiger partial charge in [0, 0.05) is 18.8 Å². The highest BCUT2D eigenvalue weighted by atomic mass is 28.3. The lowest BCUT2D eigenvalue weighted by Crippen LogP contribution is -2.39. The third-order valence-corrected chi connectivity index (χ3v) is 7.79. The highest BCUT2D eigenvalue weighted by Gasteiger charge is 2.40. The van der Waals surface area contributed by atoms with Gasteiger partial charge in [0.1, 0.15) is 0 Å². The molecule has 2 rings (SSSR count). The van der Waals surface area contributed by atoms with Gasteiger partial charge < -0.3 is 8.85 Å². The maximum Gasteiger partial charge on any atom is 0.388 e. The van der Waals surface area contributed by atoms with Crippen LogP contribution in [0.2, 0.25) is 5.54 Å². The Kier molecular flexibility index (Phi) is 7.61. The summed E-state index contributed by atoms with van der Waals surface area (Å²) in [4.78, 5) is 0. The Morgan fingerprint density at radius 1 is 0.750 bits per heavy atom. The minimum Gasteiger partial charge on any atom is -0.393 e. The van der Waals surface area contributed by atoms with Crippen molar-refractivity contribution in [1.29, 1.82) is 0 Å². The second kappa shape index (κ2) is 9.21. The normalized spacial score (nSPS) is 22.8. The minimum atomic E-state index is -1.08. The lowest BCUT2D eigenvalue weighted by atomic mass is 9.77. The van der Waals surface area contributed by atoms with Crippen LogP contribution in [0, 0.1) is 11.8 Å². The second-order valence-electron chi connectivity index (χ2n) is 6.51. The fourth-order valence-electron chi connectivity index (χ4n) is 4.28.